The molecule has 0 atom stereocenters. The first-order valence-electron chi connectivity index (χ1n) is 8.20. The molecule has 8 heteroatoms. The second-order valence-corrected chi connectivity index (χ2v) is 5.99. The Morgan fingerprint density at radius 1 is 1.22 bits per heavy atom. The summed E-state index contributed by atoms with van der Waals surface area (Å²) >= 11 is 5.82. The zero-order chi connectivity index (χ0) is 19.2. The molecule has 0 unspecified atom stereocenters. The van der Waals surface area contributed by atoms with Crippen molar-refractivity contribution in [3.05, 3.63) is 64.8 Å². The molecule has 0 bridgehead atoms. The Morgan fingerprint density at radius 3 is 2.70 bits per heavy atom. The van der Waals surface area contributed by atoms with E-state index in [1.165, 1.54) is 17.7 Å². The average molecular weight is 391 g/mol. The summed E-state index contributed by atoms with van der Waals surface area (Å²) in [6.07, 6.45) is 0.943. The van der Waals surface area contributed by atoms with Crippen LogP contribution in [-0.4, -0.2) is 22.7 Å². The predicted octanol–water partition coefficient (Wildman–Crippen LogP) is 4.21. The van der Waals surface area contributed by atoms with Crippen molar-refractivity contribution in [3.63, 3.8) is 0 Å². The smallest absolute Gasteiger partial charge is 0.344 e. The van der Waals surface area contributed by atoms with E-state index in [1.807, 2.05) is 24.3 Å². The van der Waals surface area contributed by atoms with E-state index in [0.29, 0.717) is 5.82 Å². The lowest BCUT2D eigenvalue weighted by atomic mass is 10.1. The minimum Gasteiger partial charge on any atom is -0.480 e. The van der Waals surface area contributed by atoms with Crippen LogP contribution in [0.25, 0.3) is 11.4 Å². The molecule has 0 fully saturated rings. The first-order chi connectivity index (χ1) is 13.0. The molecule has 3 rings (SSSR count). The molecule has 6 nitrogen and oxygen atoms in total. The number of carbonyl (C=O) groups excluding carboxylic acids is 1. The molecule has 0 saturated heterocycles. The SMILES string of the molecule is CCc1ccc(-c2noc(COC(=O)COc3ccc(F)cc3Cl)n2)cc1. The van der Waals surface area contributed by atoms with Crippen LogP contribution in [0.5, 0.6) is 5.75 Å². The van der Waals surface area contributed by atoms with Crippen LogP contribution in [0.3, 0.4) is 0 Å². The molecule has 0 N–H and O–H groups in total. The highest BCUT2D eigenvalue weighted by Gasteiger charge is 2.12. The van der Waals surface area contributed by atoms with Gasteiger partial charge in [-0.1, -0.05) is 47.9 Å². The summed E-state index contributed by atoms with van der Waals surface area (Å²) in [4.78, 5) is 16.0. The predicted molar refractivity (Wildman–Crippen MR) is 95.8 cm³/mol. The maximum Gasteiger partial charge on any atom is 0.344 e. The molecule has 0 amide bonds. The summed E-state index contributed by atoms with van der Waals surface area (Å²) in [6, 6.07) is 11.4. The van der Waals surface area contributed by atoms with Gasteiger partial charge in [-0.2, -0.15) is 4.98 Å². The number of ether oxygens (including phenoxy) is 2. The third-order valence-electron chi connectivity index (χ3n) is 3.68. The van der Waals surface area contributed by atoms with Crippen LogP contribution in [-0.2, 0) is 22.6 Å². The van der Waals surface area contributed by atoms with Crippen molar-refractivity contribution in [1.82, 2.24) is 10.1 Å². The summed E-state index contributed by atoms with van der Waals surface area (Å²) in [5, 5.41) is 3.94. The Bertz CT molecular complexity index is 928. The number of carbonyl (C=O) groups is 1. The fraction of sp³-hybridized carbons (Fsp3) is 0.211. The van der Waals surface area contributed by atoms with Crippen LogP contribution in [0, 0.1) is 5.82 Å². The molecule has 1 heterocycles. The van der Waals surface area contributed by atoms with Gasteiger partial charge in [-0.3, -0.25) is 0 Å². The number of halogens is 2. The maximum atomic E-state index is 13.0. The molecule has 0 radical (unpaired) electrons. The Morgan fingerprint density at radius 2 is 2.00 bits per heavy atom. The number of hydrogen-bond acceptors (Lipinski definition) is 6. The van der Waals surface area contributed by atoms with E-state index in [-0.39, 0.29) is 29.9 Å². The van der Waals surface area contributed by atoms with Crippen LogP contribution in [0.4, 0.5) is 4.39 Å². The van der Waals surface area contributed by atoms with Crippen molar-refractivity contribution < 1.29 is 23.2 Å². The first kappa shape index (κ1) is 18.8. The third-order valence-corrected chi connectivity index (χ3v) is 3.98. The quantitative estimate of drug-likeness (QED) is 0.562. The molecule has 140 valence electrons. The van der Waals surface area contributed by atoms with E-state index in [1.54, 1.807) is 0 Å². The topological polar surface area (TPSA) is 74.5 Å². The largest absolute Gasteiger partial charge is 0.480 e. The van der Waals surface area contributed by atoms with Crippen LogP contribution in [0.1, 0.15) is 18.4 Å². The molecule has 0 spiro atoms. The lowest BCUT2D eigenvalue weighted by molar-refractivity contribution is -0.148. The molecule has 27 heavy (non-hydrogen) atoms. The lowest BCUT2D eigenvalue weighted by Gasteiger charge is -2.07. The van der Waals surface area contributed by atoms with Gasteiger partial charge in [0.1, 0.15) is 11.6 Å². The Balaban J connectivity index is 1.51. The van der Waals surface area contributed by atoms with E-state index in [4.69, 9.17) is 25.6 Å². The molecular weight excluding hydrogens is 375 g/mol. The Labute approximate surface area is 159 Å². The zero-order valence-electron chi connectivity index (χ0n) is 14.4. The van der Waals surface area contributed by atoms with Crippen LogP contribution >= 0.6 is 11.6 Å². The van der Waals surface area contributed by atoms with E-state index in [9.17, 15) is 9.18 Å². The Hall–Kier alpha value is -2.93. The summed E-state index contributed by atoms with van der Waals surface area (Å²) in [6.45, 7) is 1.51. The fourth-order valence-electron chi connectivity index (χ4n) is 2.23. The molecule has 0 aliphatic rings. The van der Waals surface area contributed by atoms with Gasteiger partial charge in [0.15, 0.2) is 13.2 Å². The number of aromatic nitrogens is 2. The van der Waals surface area contributed by atoms with E-state index >= 15 is 0 Å². The van der Waals surface area contributed by atoms with Gasteiger partial charge in [0.05, 0.1) is 5.02 Å². The van der Waals surface area contributed by atoms with Crippen molar-refractivity contribution in [1.29, 1.82) is 0 Å². The minimum absolute atomic E-state index is 0.0680. The zero-order valence-corrected chi connectivity index (χ0v) is 15.2. The summed E-state index contributed by atoms with van der Waals surface area (Å²) in [7, 11) is 0. The summed E-state index contributed by atoms with van der Waals surface area (Å²) in [5.74, 6) is -0.379. The molecule has 0 saturated carbocycles. The van der Waals surface area contributed by atoms with Gasteiger partial charge in [0.25, 0.3) is 5.89 Å². The number of esters is 1. The van der Waals surface area contributed by atoms with Crippen molar-refractivity contribution in [2.24, 2.45) is 0 Å². The number of rotatable bonds is 7. The highest BCUT2D eigenvalue weighted by molar-refractivity contribution is 6.32. The Kier molecular flexibility index (Phi) is 6.03. The molecule has 2 aromatic carbocycles. The van der Waals surface area contributed by atoms with Crippen LogP contribution in [0.2, 0.25) is 5.02 Å². The van der Waals surface area contributed by atoms with Gasteiger partial charge in [-0.25, -0.2) is 9.18 Å². The third kappa shape index (κ3) is 5.04. The fourth-order valence-corrected chi connectivity index (χ4v) is 2.45. The highest BCUT2D eigenvalue weighted by Crippen LogP contribution is 2.24. The minimum atomic E-state index is -0.651. The van der Waals surface area contributed by atoms with Gasteiger partial charge in [-0.05, 0) is 30.2 Å². The van der Waals surface area contributed by atoms with Gasteiger partial charge in [0, 0.05) is 5.56 Å². The van der Waals surface area contributed by atoms with Gasteiger partial charge in [-0.15, -0.1) is 0 Å². The van der Waals surface area contributed by atoms with Crippen molar-refractivity contribution in [2.75, 3.05) is 6.61 Å². The van der Waals surface area contributed by atoms with Gasteiger partial charge >= 0.3 is 5.97 Å². The molecule has 1 aromatic heterocycles. The normalized spacial score (nSPS) is 10.6. The number of nitrogens with zero attached hydrogens (tertiary/aromatic N) is 2. The number of aryl methyl sites for hydroxylation is 1. The van der Waals surface area contributed by atoms with E-state index in [0.717, 1.165) is 18.1 Å². The first-order valence-corrected chi connectivity index (χ1v) is 8.58. The lowest BCUT2D eigenvalue weighted by Crippen LogP contribution is -2.15. The molecule has 3 aromatic rings. The van der Waals surface area contributed by atoms with Crippen molar-refractivity contribution in [3.8, 4) is 17.1 Å². The second kappa shape index (κ2) is 8.64. The molecule has 0 aliphatic heterocycles. The van der Waals surface area contributed by atoms with Gasteiger partial charge in [0.2, 0.25) is 5.82 Å². The second-order valence-electron chi connectivity index (χ2n) is 5.59. The van der Waals surface area contributed by atoms with Crippen molar-refractivity contribution >= 4 is 17.6 Å². The number of hydrogen-bond donors (Lipinski definition) is 0. The highest BCUT2D eigenvalue weighted by atomic mass is 35.5. The maximum absolute atomic E-state index is 13.0. The average Bonchev–Trinajstić information content (AvgIpc) is 3.15. The van der Waals surface area contributed by atoms with Crippen LogP contribution < -0.4 is 4.74 Å². The standard InChI is InChI=1S/C19H16ClFN2O4/c1-2-12-3-5-13(6-4-12)19-22-17(27-23-19)10-26-18(24)11-25-16-8-7-14(21)9-15(16)20/h3-9H,2,10-11H2,1H3. The number of benzene rings is 2. The van der Waals surface area contributed by atoms with E-state index in [2.05, 4.69) is 17.1 Å². The monoisotopic (exact) mass is 390 g/mol. The van der Waals surface area contributed by atoms with Gasteiger partial charge < -0.3 is 14.0 Å². The summed E-state index contributed by atoms with van der Waals surface area (Å²) < 4.78 is 28.3. The van der Waals surface area contributed by atoms with Crippen molar-refractivity contribution in [2.45, 2.75) is 20.0 Å². The van der Waals surface area contributed by atoms with E-state index < -0.39 is 11.8 Å². The molecule has 0 aliphatic carbocycles. The van der Waals surface area contributed by atoms with Crippen LogP contribution in [0.15, 0.2) is 47.0 Å². The summed E-state index contributed by atoms with van der Waals surface area (Å²) in [5.41, 5.74) is 2.01. The molecular formula is C19H16ClFN2O4.